The molecule has 0 bridgehead atoms. The van der Waals surface area contributed by atoms with Crippen molar-refractivity contribution in [3.8, 4) is 0 Å². The fourth-order valence-electron chi connectivity index (χ4n) is 1.16. The molecule has 1 rings (SSSR count). The lowest BCUT2D eigenvalue weighted by atomic mass is 10.1. The monoisotopic (exact) mass is 242 g/mol. The van der Waals surface area contributed by atoms with Crippen LogP contribution in [0, 0.1) is 15.9 Å². The summed E-state index contributed by atoms with van der Waals surface area (Å²) in [5, 5.41) is 22.0. The Balaban J connectivity index is 3.17. The molecule has 0 fully saturated rings. The molecule has 1 aromatic carbocycles. The summed E-state index contributed by atoms with van der Waals surface area (Å²) in [7, 11) is 0. The van der Waals surface area contributed by atoms with Gasteiger partial charge >= 0.3 is 5.97 Å². The average Bonchev–Trinajstić information content (AvgIpc) is 2.15. The Morgan fingerprint density at radius 1 is 1.53 bits per heavy atom. The quantitative estimate of drug-likeness (QED) is 0.622. The molecule has 0 aliphatic rings. The number of hydrogen-bond donors (Lipinski definition) is 2. The van der Waals surface area contributed by atoms with E-state index in [4.69, 9.17) is 5.11 Å². The number of anilines is 1. The minimum Gasteiger partial charge on any atom is -0.480 e. The lowest BCUT2D eigenvalue weighted by molar-refractivity contribution is -0.384. The van der Waals surface area contributed by atoms with Crippen LogP contribution in [-0.4, -0.2) is 21.5 Å². The minimum absolute atomic E-state index is 0.164. The van der Waals surface area contributed by atoms with E-state index in [2.05, 4.69) is 5.32 Å². The lowest BCUT2D eigenvalue weighted by Crippen LogP contribution is -2.40. The van der Waals surface area contributed by atoms with Crippen LogP contribution in [0.4, 0.5) is 15.8 Å². The zero-order valence-corrected chi connectivity index (χ0v) is 9.23. The number of nitrogens with one attached hydrogen (secondary N) is 1. The van der Waals surface area contributed by atoms with E-state index in [0.29, 0.717) is 0 Å². The first-order valence-corrected chi connectivity index (χ1v) is 4.69. The molecule has 0 unspecified atom stereocenters. The van der Waals surface area contributed by atoms with Crippen LogP contribution in [0.2, 0.25) is 0 Å². The van der Waals surface area contributed by atoms with Crippen molar-refractivity contribution in [2.75, 3.05) is 5.32 Å². The molecule has 92 valence electrons. The van der Waals surface area contributed by atoms with E-state index in [1.165, 1.54) is 13.8 Å². The molecule has 7 heteroatoms. The van der Waals surface area contributed by atoms with Gasteiger partial charge in [0, 0.05) is 12.1 Å². The maximum atomic E-state index is 13.0. The first-order chi connectivity index (χ1) is 7.74. The number of carboxylic acids is 1. The molecular weight excluding hydrogens is 231 g/mol. The topological polar surface area (TPSA) is 92.5 Å². The predicted octanol–water partition coefficient (Wildman–Crippen LogP) is 2.01. The molecule has 0 spiro atoms. The Bertz CT molecular complexity index is 473. The fraction of sp³-hybridized carbons (Fsp3) is 0.300. The van der Waals surface area contributed by atoms with Gasteiger partial charge < -0.3 is 10.4 Å². The van der Waals surface area contributed by atoms with Crippen LogP contribution in [0.5, 0.6) is 0 Å². The average molecular weight is 242 g/mol. The Morgan fingerprint density at radius 3 is 2.59 bits per heavy atom. The van der Waals surface area contributed by atoms with Gasteiger partial charge in [-0.3, -0.25) is 10.1 Å². The van der Waals surface area contributed by atoms with Crippen molar-refractivity contribution >= 4 is 17.3 Å². The third-order valence-electron chi connectivity index (χ3n) is 2.14. The molecule has 0 amide bonds. The highest BCUT2D eigenvalue weighted by Crippen LogP contribution is 2.27. The van der Waals surface area contributed by atoms with Gasteiger partial charge in [-0.25, -0.2) is 9.18 Å². The minimum atomic E-state index is -1.43. The Morgan fingerprint density at radius 2 is 2.12 bits per heavy atom. The summed E-state index contributed by atoms with van der Waals surface area (Å²) in [5.41, 5.74) is -1.97. The molecule has 0 aromatic heterocycles. The summed E-state index contributed by atoms with van der Waals surface area (Å²) in [5.74, 6) is -1.88. The summed E-state index contributed by atoms with van der Waals surface area (Å²) < 4.78 is 13.0. The molecule has 0 heterocycles. The Hall–Kier alpha value is -2.18. The molecule has 2 N–H and O–H groups in total. The van der Waals surface area contributed by atoms with Crippen molar-refractivity contribution in [3.05, 3.63) is 34.1 Å². The molecule has 0 aliphatic carbocycles. The number of carbonyl (C=O) groups is 1. The van der Waals surface area contributed by atoms with Crippen LogP contribution in [0.3, 0.4) is 0 Å². The first kappa shape index (κ1) is 12.9. The van der Waals surface area contributed by atoms with Crippen LogP contribution in [-0.2, 0) is 4.79 Å². The second kappa shape index (κ2) is 4.36. The van der Waals surface area contributed by atoms with E-state index >= 15 is 0 Å². The van der Waals surface area contributed by atoms with E-state index in [1.54, 1.807) is 0 Å². The van der Waals surface area contributed by atoms with E-state index in [1.807, 2.05) is 0 Å². The third kappa shape index (κ3) is 2.90. The highest BCUT2D eigenvalue weighted by molar-refractivity contribution is 5.83. The number of aliphatic carboxylic acids is 1. The molecule has 0 saturated carbocycles. The van der Waals surface area contributed by atoms with Gasteiger partial charge in [0.1, 0.15) is 17.0 Å². The molecule has 0 atom stereocenters. The van der Waals surface area contributed by atoms with Gasteiger partial charge in [0.05, 0.1) is 4.92 Å². The van der Waals surface area contributed by atoms with E-state index in [9.17, 15) is 19.3 Å². The van der Waals surface area contributed by atoms with Crippen LogP contribution in [0.25, 0.3) is 0 Å². The van der Waals surface area contributed by atoms with Crippen molar-refractivity contribution in [2.45, 2.75) is 19.4 Å². The second-order valence-electron chi connectivity index (χ2n) is 3.97. The summed E-state index contributed by atoms with van der Waals surface area (Å²) in [6.07, 6.45) is 0. The maximum absolute atomic E-state index is 13.0. The summed E-state index contributed by atoms with van der Waals surface area (Å²) >= 11 is 0. The standard InChI is InChI=1S/C10H11FN2O4/c1-10(2,9(14)15)12-7-5-6(11)3-4-8(7)13(16)17/h3-5,12H,1-2H3,(H,14,15). The third-order valence-corrected chi connectivity index (χ3v) is 2.14. The Kier molecular flexibility index (Phi) is 3.31. The Labute approximate surface area is 96.2 Å². The van der Waals surface area contributed by atoms with E-state index in [-0.39, 0.29) is 11.4 Å². The van der Waals surface area contributed by atoms with Crippen molar-refractivity contribution in [1.82, 2.24) is 0 Å². The maximum Gasteiger partial charge on any atom is 0.328 e. The van der Waals surface area contributed by atoms with Crippen LogP contribution in [0.1, 0.15) is 13.8 Å². The molecular formula is C10H11FN2O4. The smallest absolute Gasteiger partial charge is 0.328 e. The van der Waals surface area contributed by atoms with E-state index in [0.717, 1.165) is 18.2 Å². The van der Waals surface area contributed by atoms with Crippen molar-refractivity contribution in [1.29, 1.82) is 0 Å². The number of nitro groups is 1. The normalized spacial score (nSPS) is 11.0. The summed E-state index contributed by atoms with van der Waals surface area (Å²) in [4.78, 5) is 20.8. The lowest BCUT2D eigenvalue weighted by Gasteiger charge is -2.22. The number of halogens is 1. The summed E-state index contributed by atoms with van der Waals surface area (Å²) in [6.45, 7) is 2.65. The molecule has 0 radical (unpaired) electrons. The highest BCUT2D eigenvalue weighted by Gasteiger charge is 2.29. The number of carboxylic acid groups (broad SMARTS) is 1. The van der Waals surface area contributed by atoms with Crippen molar-refractivity contribution < 1.29 is 19.2 Å². The number of rotatable bonds is 4. The molecule has 6 nitrogen and oxygen atoms in total. The van der Waals surface area contributed by atoms with Crippen molar-refractivity contribution in [3.63, 3.8) is 0 Å². The van der Waals surface area contributed by atoms with Crippen molar-refractivity contribution in [2.24, 2.45) is 0 Å². The largest absolute Gasteiger partial charge is 0.480 e. The second-order valence-corrected chi connectivity index (χ2v) is 3.97. The van der Waals surface area contributed by atoms with Gasteiger partial charge in [-0.1, -0.05) is 0 Å². The van der Waals surface area contributed by atoms with Gasteiger partial charge in [-0.15, -0.1) is 0 Å². The number of nitro benzene ring substituents is 1. The molecule has 0 saturated heterocycles. The predicted molar refractivity (Wildman–Crippen MR) is 58.4 cm³/mol. The first-order valence-electron chi connectivity index (χ1n) is 4.69. The zero-order valence-electron chi connectivity index (χ0n) is 9.23. The van der Waals surface area contributed by atoms with Crippen LogP contribution in [0.15, 0.2) is 18.2 Å². The zero-order chi connectivity index (χ0) is 13.2. The van der Waals surface area contributed by atoms with E-state index < -0.39 is 22.2 Å². The number of hydrogen-bond acceptors (Lipinski definition) is 4. The van der Waals surface area contributed by atoms with Crippen LogP contribution >= 0.6 is 0 Å². The number of nitrogens with zero attached hydrogens (tertiary/aromatic N) is 1. The fourth-order valence-corrected chi connectivity index (χ4v) is 1.16. The molecule has 17 heavy (non-hydrogen) atoms. The molecule has 1 aromatic rings. The summed E-state index contributed by atoms with van der Waals surface area (Å²) in [6, 6.07) is 2.81. The van der Waals surface area contributed by atoms with Crippen LogP contribution < -0.4 is 5.32 Å². The van der Waals surface area contributed by atoms with Gasteiger partial charge in [0.15, 0.2) is 0 Å². The van der Waals surface area contributed by atoms with Gasteiger partial charge in [0.2, 0.25) is 0 Å². The van der Waals surface area contributed by atoms with Gasteiger partial charge in [0.25, 0.3) is 5.69 Å². The van der Waals surface area contributed by atoms with Gasteiger partial charge in [-0.2, -0.15) is 0 Å². The highest BCUT2D eigenvalue weighted by atomic mass is 19.1. The SMILES string of the molecule is CC(C)(Nc1cc(F)ccc1[N+](=O)[O-])C(=O)O. The van der Waals surface area contributed by atoms with Gasteiger partial charge in [-0.05, 0) is 19.9 Å². The number of benzene rings is 1. The molecule has 0 aliphatic heterocycles.